The second-order valence-corrected chi connectivity index (χ2v) is 3.79. The Bertz CT molecular complexity index is 166. The number of hydrogen-bond acceptors (Lipinski definition) is 1. The van der Waals surface area contributed by atoms with Gasteiger partial charge in [0.25, 0.3) is 0 Å². The largest absolute Gasteiger partial charge is 0.338 e. The average Bonchev–Trinajstić information content (AvgIpc) is 2.87. The number of carbonyl (C=O) groups excluding carboxylic acids is 1. The van der Waals surface area contributed by atoms with Gasteiger partial charge < -0.3 is 10.6 Å². The molecule has 0 aromatic rings. The van der Waals surface area contributed by atoms with Crippen LogP contribution in [0.5, 0.6) is 0 Å². The highest BCUT2D eigenvalue weighted by Crippen LogP contribution is 2.33. The smallest absolute Gasteiger partial charge is 0.314 e. The number of urea groups is 1. The number of hydrogen-bond donors (Lipinski definition) is 2. The molecule has 3 heteroatoms. The summed E-state index contributed by atoms with van der Waals surface area (Å²) in [5.74, 6) is 0.881. The molecule has 0 aromatic carbocycles. The van der Waals surface area contributed by atoms with Gasteiger partial charge >= 0.3 is 6.03 Å². The van der Waals surface area contributed by atoms with Crippen molar-refractivity contribution in [2.75, 3.05) is 6.54 Å². The Morgan fingerprint density at radius 3 is 2.62 bits per heavy atom. The van der Waals surface area contributed by atoms with E-state index in [1.165, 1.54) is 12.8 Å². The first-order chi connectivity index (χ1) is 6.26. The summed E-state index contributed by atoms with van der Waals surface area (Å²) in [4.78, 5) is 11.2. The molecule has 1 atom stereocenters. The SMILES string of the molecule is CCNC(=O)NC(CC)CC1CC1. The fourth-order valence-corrected chi connectivity index (χ4v) is 1.48. The molecule has 0 saturated heterocycles. The Balaban J connectivity index is 2.17. The zero-order valence-corrected chi connectivity index (χ0v) is 8.60. The van der Waals surface area contributed by atoms with Crippen molar-refractivity contribution in [1.29, 1.82) is 0 Å². The summed E-state index contributed by atoms with van der Waals surface area (Å²) in [6.07, 6.45) is 4.91. The quantitative estimate of drug-likeness (QED) is 0.673. The molecule has 2 amide bonds. The van der Waals surface area contributed by atoms with Gasteiger partial charge in [-0.2, -0.15) is 0 Å². The van der Waals surface area contributed by atoms with Crippen molar-refractivity contribution in [2.45, 2.75) is 45.6 Å². The van der Waals surface area contributed by atoms with Crippen LogP contribution >= 0.6 is 0 Å². The average molecular weight is 184 g/mol. The Morgan fingerprint density at radius 2 is 2.15 bits per heavy atom. The van der Waals surface area contributed by atoms with Crippen molar-refractivity contribution < 1.29 is 4.79 Å². The Kier molecular flexibility index (Phi) is 4.06. The molecule has 0 aliphatic heterocycles. The predicted octanol–water partition coefficient (Wildman–Crippen LogP) is 1.88. The standard InChI is InChI=1S/C10H20N2O/c1-3-9(7-8-5-6-8)12-10(13)11-4-2/h8-9H,3-7H2,1-2H3,(H2,11,12,13). The van der Waals surface area contributed by atoms with E-state index in [4.69, 9.17) is 0 Å². The minimum Gasteiger partial charge on any atom is -0.338 e. The lowest BCUT2D eigenvalue weighted by Gasteiger charge is -2.16. The van der Waals surface area contributed by atoms with Gasteiger partial charge in [0.05, 0.1) is 0 Å². The molecule has 1 unspecified atom stereocenters. The summed E-state index contributed by atoms with van der Waals surface area (Å²) in [5, 5.41) is 5.74. The summed E-state index contributed by atoms with van der Waals surface area (Å²) < 4.78 is 0. The van der Waals surface area contributed by atoms with Crippen LogP contribution in [0.1, 0.15) is 39.5 Å². The van der Waals surface area contributed by atoms with Crippen LogP contribution in [0.2, 0.25) is 0 Å². The molecular formula is C10H20N2O. The van der Waals surface area contributed by atoms with Gasteiger partial charge in [-0.1, -0.05) is 19.8 Å². The molecule has 0 aromatic heterocycles. The highest BCUT2D eigenvalue weighted by Gasteiger charge is 2.25. The molecule has 0 bridgehead atoms. The molecule has 3 nitrogen and oxygen atoms in total. The summed E-state index contributed by atoms with van der Waals surface area (Å²) in [6, 6.07) is 0.356. The van der Waals surface area contributed by atoms with Crippen LogP contribution in [0.25, 0.3) is 0 Å². The number of carbonyl (C=O) groups is 1. The number of amides is 2. The lowest BCUT2D eigenvalue weighted by molar-refractivity contribution is 0.236. The third-order valence-corrected chi connectivity index (χ3v) is 2.48. The molecule has 0 radical (unpaired) electrons. The van der Waals surface area contributed by atoms with Crippen molar-refractivity contribution in [2.24, 2.45) is 5.92 Å². The van der Waals surface area contributed by atoms with Gasteiger partial charge in [0, 0.05) is 12.6 Å². The zero-order valence-electron chi connectivity index (χ0n) is 8.60. The van der Waals surface area contributed by atoms with E-state index in [9.17, 15) is 4.79 Å². The van der Waals surface area contributed by atoms with Gasteiger partial charge in [0.15, 0.2) is 0 Å². The molecule has 1 aliphatic carbocycles. The predicted molar refractivity (Wildman–Crippen MR) is 53.6 cm³/mol. The maximum absolute atomic E-state index is 11.2. The van der Waals surface area contributed by atoms with E-state index in [2.05, 4.69) is 17.6 Å². The molecule has 2 N–H and O–H groups in total. The molecule has 1 fully saturated rings. The number of nitrogens with one attached hydrogen (secondary N) is 2. The Labute approximate surface area is 80.3 Å². The molecule has 1 saturated carbocycles. The molecular weight excluding hydrogens is 164 g/mol. The van der Waals surface area contributed by atoms with E-state index in [0.29, 0.717) is 12.6 Å². The van der Waals surface area contributed by atoms with Crippen molar-refractivity contribution in [3.8, 4) is 0 Å². The first-order valence-electron chi connectivity index (χ1n) is 5.30. The summed E-state index contributed by atoms with van der Waals surface area (Å²) in [6.45, 7) is 4.76. The van der Waals surface area contributed by atoms with E-state index >= 15 is 0 Å². The van der Waals surface area contributed by atoms with Gasteiger partial charge in [0.1, 0.15) is 0 Å². The van der Waals surface area contributed by atoms with Crippen LogP contribution in [0.4, 0.5) is 4.79 Å². The van der Waals surface area contributed by atoms with Gasteiger partial charge in [-0.15, -0.1) is 0 Å². The minimum absolute atomic E-state index is 0.0185. The van der Waals surface area contributed by atoms with Gasteiger partial charge in [-0.25, -0.2) is 4.79 Å². The first-order valence-corrected chi connectivity index (χ1v) is 5.30. The highest BCUT2D eigenvalue weighted by atomic mass is 16.2. The van der Waals surface area contributed by atoms with Gasteiger partial charge in [0.2, 0.25) is 0 Å². The zero-order chi connectivity index (χ0) is 9.68. The minimum atomic E-state index is -0.0185. The number of rotatable bonds is 5. The van der Waals surface area contributed by atoms with E-state index in [1.54, 1.807) is 0 Å². The van der Waals surface area contributed by atoms with Gasteiger partial charge in [-0.3, -0.25) is 0 Å². The van der Waals surface area contributed by atoms with E-state index < -0.39 is 0 Å². The maximum Gasteiger partial charge on any atom is 0.314 e. The second-order valence-electron chi connectivity index (χ2n) is 3.79. The topological polar surface area (TPSA) is 41.1 Å². The van der Waals surface area contributed by atoms with Crippen LogP contribution in [-0.4, -0.2) is 18.6 Å². The second kappa shape index (κ2) is 5.10. The van der Waals surface area contributed by atoms with Crippen LogP contribution < -0.4 is 10.6 Å². The van der Waals surface area contributed by atoms with Crippen LogP contribution in [0.3, 0.4) is 0 Å². The Hall–Kier alpha value is -0.730. The van der Waals surface area contributed by atoms with Gasteiger partial charge in [-0.05, 0) is 25.7 Å². The third kappa shape index (κ3) is 4.15. The van der Waals surface area contributed by atoms with E-state index in [1.807, 2.05) is 6.92 Å². The van der Waals surface area contributed by atoms with Crippen molar-refractivity contribution in [3.63, 3.8) is 0 Å². The molecule has 76 valence electrons. The summed E-state index contributed by atoms with van der Waals surface area (Å²) in [7, 11) is 0. The summed E-state index contributed by atoms with van der Waals surface area (Å²) in [5.41, 5.74) is 0. The molecule has 0 heterocycles. The van der Waals surface area contributed by atoms with Crippen molar-refractivity contribution in [1.82, 2.24) is 10.6 Å². The van der Waals surface area contributed by atoms with Crippen LogP contribution in [-0.2, 0) is 0 Å². The molecule has 0 spiro atoms. The summed E-state index contributed by atoms with van der Waals surface area (Å²) >= 11 is 0. The van der Waals surface area contributed by atoms with Crippen molar-refractivity contribution in [3.05, 3.63) is 0 Å². The van der Waals surface area contributed by atoms with Crippen LogP contribution in [0.15, 0.2) is 0 Å². The van der Waals surface area contributed by atoms with Crippen LogP contribution in [0, 0.1) is 5.92 Å². The maximum atomic E-state index is 11.2. The van der Waals surface area contributed by atoms with E-state index in [0.717, 1.165) is 18.8 Å². The normalized spacial score (nSPS) is 18.0. The molecule has 1 rings (SSSR count). The fraction of sp³-hybridized carbons (Fsp3) is 0.900. The molecule has 13 heavy (non-hydrogen) atoms. The molecule has 1 aliphatic rings. The lowest BCUT2D eigenvalue weighted by atomic mass is 10.1. The Morgan fingerprint density at radius 1 is 1.46 bits per heavy atom. The van der Waals surface area contributed by atoms with E-state index in [-0.39, 0.29) is 6.03 Å². The monoisotopic (exact) mass is 184 g/mol. The fourth-order valence-electron chi connectivity index (χ4n) is 1.48. The third-order valence-electron chi connectivity index (χ3n) is 2.48. The highest BCUT2D eigenvalue weighted by molar-refractivity contribution is 5.74. The lowest BCUT2D eigenvalue weighted by Crippen LogP contribution is -2.41. The first kappa shape index (κ1) is 10.4. The van der Waals surface area contributed by atoms with Crippen molar-refractivity contribution >= 4 is 6.03 Å².